The first-order chi connectivity index (χ1) is 14.4. The Kier molecular flexibility index (Phi) is 8.76. The van der Waals surface area contributed by atoms with E-state index < -0.39 is 11.9 Å². The van der Waals surface area contributed by atoms with E-state index in [2.05, 4.69) is 5.32 Å². The Morgan fingerprint density at radius 1 is 1.07 bits per heavy atom. The molecule has 9 heteroatoms. The molecule has 3 N–H and O–H groups in total. The summed E-state index contributed by atoms with van der Waals surface area (Å²) in [6.45, 7) is 7.42. The van der Waals surface area contributed by atoms with Crippen molar-refractivity contribution in [2.24, 2.45) is 5.73 Å². The SMILES string of the molecule is CCOc1cc(C(=O)NCCC(=O)N2CCCC2C(N)=O)cc(OCC)c1OCC. The monoisotopic (exact) mass is 421 g/mol. The Balaban J connectivity index is 2.05. The second-order valence-electron chi connectivity index (χ2n) is 6.75. The molecule has 1 aliphatic rings. The average molecular weight is 421 g/mol. The molecule has 1 saturated heterocycles. The molecule has 0 aliphatic carbocycles. The molecule has 2 rings (SSSR count). The van der Waals surface area contributed by atoms with Crippen molar-refractivity contribution in [2.45, 2.75) is 46.1 Å². The third-order valence-corrected chi connectivity index (χ3v) is 4.70. The molecular formula is C21H31N3O6. The van der Waals surface area contributed by atoms with Gasteiger partial charge in [-0.1, -0.05) is 0 Å². The fraction of sp³-hybridized carbons (Fsp3) is 0.571. The quantitative estimate of drug-likeness (QED) is 0.558. The molecule has 166 valence electrons. The lowest BCUT2D eigenvalue weighted by atomic mass is 10.1. The highest BCUT2D eigenvalue weighted by Crippen LogP contribution is 2.39. The number of amides is 3. The molecule has 0 radical (unpaired) electrons. The lowest BCUT2D eigenvalue weighted by molar-refractivity contribution is -0.137. The minimum absolute atomic E-state index is 0.0865. The predicted molar refractivity (Wildman–Crippen MR) is 111 cm³/mol. The standard InChI is InChI=1S/C21H31N3O6/c1-4-28-16-12-14(13-17(29-5-2)19(16)30-6-3)21(27)23-10-9-18(25)24-11-7-8-15(24)20(22)26/h12-13,15H,4-11H2,1-3H3,(H2,22,26)(H,23,27). The molecule has 0 aromatic heterocycles. The highest BCUT2D eigenvalue weighted by atomic mass is 16.5. The van der Waals surface area contributed by atoms with Gasteiger partial charge in [0.2, 0.25) is 17.6 Å². The summed E-state index contributed by atoms with van der Waals surface area (Å²) in [4.78, 5) is 38.0. The highest BCUT2D eigenvalue weighted by molar-refractivity contribution is 5.96. The van der Waals surface area contributed by atoms with Gasteiger partial charge in [0.05, 0.1) is 19.8 Å². The van der Waals surface area contributed by atoms with E-state index in [0.717, 1.165) is 6.42 Å². The van der Waals surface area contributed by atoms with Gasteiger partial charge >= 0.3 is 0 Å². The number of benzene rings is 1. The minimum Gasteiger partial charge on any atom is -0.490 e. The van der Waals surface area contributed by atoms with Crippen LogP contribution in [0.5, 0.6) is 17.2 Å². The Bertz CT molecular complexity index is 740. The molecule has 1 aliphatic heterocycles. The van der Waals surface area contributed by atoms with E-state index in [-0.39, 0.29) is 24.8 Å². The molecular weight excluding hydrogens is 390 g/mol. The van der Waals surface area contributed by atoms with Crippen molar-refractivity contribution < 1.29 is 28.6 Å². The lowest BCUT2D eigenvalue weighted by Crippen LogP contribution is -2.44. The third kappa shape index (κ3) is 5.77. The topological polar surface area (TPSA) is 120 Å². The molecule has 1 aromatic rings. The van der Waals surface area contributed by atoms with Crippen LogP contribution in [0, 0.1) is 0 Å². The number of hydrogen-bond donors (Lipinski definition) is 2. The van der Waals surface area contributed by atoms with E-state index in [1.807, 2.05) is 20.8 Å². The van der Waals surface area contributed by atoms with E-state index >= 15 is 0 Å². The summed E-state index contributed by atoms with van der Waals surface area (Å²) < 4.78 is 16.9. The first-order valence-electron chi connectivity index (χ1n) is 10.4. The Labute approximate surface area is 176 Å². The summed E-state index contributed by atoms with van der Waals surface area (Å²) in [5.74, 6) is 0.250. The number of nitrogens with two attached hydrogens (primary N) is 1. The number of likely N-dealkylation sites (tertiary alicyclic amines) is 1. The number of primary amides is 1. The molecule has 9 nitrogen and oxygen atoms in total. The van der Waals surface area contributed by atoms with Crippen molar-refractivity contribution in [3.63, 3.8) is 0 Å². The van der Waals surface area contributed by atoms with Crippen LogP contribution in [0.1, 0.15) is 50.4 Å². The maximum atomic E-state index is 12.6. The number of rotatable bonds is 11. The van der Waals surface area contributed by atoms with Gasteiger partial charge in [-0.15, -0.1) is 0 Å². The zero-order valence-electron chi connectivity index (χ0n) is 17.9. The number of nitrogens with one attached hydrogen (secondary N) is 1. The van der Waals surface area contributed by atoms with Crippen LogP contribution < -0.4 is 25.3 Å². The summed E-state index contributed by atoms with van der Waals surface area (Å²) in [6.07, 6.45) is 1.42. The van der Waals surface area contributed by atoms with Gasteiger partial charge in [0.1, 0.15) is 6.04 Å². The number of nitrogens with zero attached hydrogens (tertiary/aromatic N) is 1. The normalized spacial score (nSPS) is 15.6. The zero-order chi connectivity index (χ0) is 22.1. The summed E-state index contributed by atoms with van der Waals surface area (Å²) >= 11 is 0. The molecule has 0 bridgehead atoms. The minimum atomic E-state index is -0.554. The number of hydrogen-bond acceptors (Lipinski definition) is 6. The molecule has 1 fully saturated rings. The van der Waals surface area contributed by atoms with Crippen molar-refractivity contribution in [1.82, 2.24) is 10.2 Å². The third-order valence-electron chi connectivity index (χ3n) is 4.70. The van der Waals surface area contributed by atoms with Crippen LogP contribution in [0.3, 0.4) is 0 Å². The molecule has 1 heterocycles. The fourth-order valence-electron chi connectivity index (χ4n) is 3.41. The molecule has 0 spiro atoms. The predicted octanol–water partition coefficient (Wildman–Crippen LogP) is 1.48. The summed E-state index contributed by atoms with van der Waals surface area (Å²) in [5, 5.41) is 2.73. The van der Waals surface area contributed by atoms with Crippen LogP contribution in [0.2, 0.25) is 0 Å². The van der Waals surface area contributed by atoms with Gasteiger partial charge in [0.25, 0.3) is 5.91 Å². The van der Waals surface area contributed by atoms with Crippen LogP contribution in [-0.4, -0.2) is 61.6 Å². The summed E-state index contributed by atoms with van der Waals surface area (Å²) in [7, 11) is 0. The van der Waals surface area contributed by atoms with E-state index in [1.54, 1.807) is 12.1 Å². The Hall–Kier alpha value is -2.97. The van der Waals surface area contributed by atoms with Crippen molar-refractivity contribution in [3.8, 4) is 17.2 Å². The number of carbonyl (C=O) groups excluding carboxylic acids is 3. The lowest BCUT2D eigenvalue weighted by Gasteiger charge is -2.22. The van der Waals surface area contributed by atoms with Gasteiger partial charge in [0, 0.05) is 25.1 Å². The van der Waals surface area contributed by atoms with E-state index in [9.17, 15) is 14.4 Å². The Morgan fingerprint density at radius 2 is 1.67 bits per heavy atom. The van der Waals surface area contributed by atoms with Gasteiger partial charge in [-0.25, -0.2) is 0 Å². The second-order valence-corrected chi connectivity index (χ2v) is 6.75. The molecule has 30 heavy (non-hydrogen) atoms. The number of ether oxygens (including phenoxy) is 3. The summed E-state index contributed by atoms with van der Waals surface area (Å²) in [6, 6.07) is 2.64. The van der Waals surface area contributed by atoms with Gasteiger partial charge in [-0.2, -0.15) is 0 Å². The average Bonchev–Trinajstić information content (AvgIpc) is 3.20. The maximum Gasteiger partial charge on any atom is 0.251 e. The Morgan fingerprint density at radius 3 is 2.20 bits per heavy atom. The largest absolute Gasteiger partial charge is 0.490 e. The van der Waals surface area contributed by atoms with E-state index in [1.165, 1.54) is 4.90 Å². The zero-order valence-corrected chi connectivity index (χ0v) is 17.9. The van der Waals surface area contributed by atoms with Crippen LogP contribution in [-0.2, 0) is 9.59 Å². The van der Waals surface area contributed by atoms with Gasteiger partial charge in [0.15, 0.2) is 11.5 Å². The van der Waals surface area contributed by atoms with Crippen molar-refractivity contribution >= 4 is 17.7 Å². The van der Waals surface area contributed by atoms with E-state index in [4.69, 9.17) is 19.9 Å². The van der Waals surface area contributed by atoms with Gasteiger partial charge in [-0.05, 0) is 45.7 Å². The molecule has 1 aromatic carbocycles. The van der Waals surface area contributed by atoms with Crippen molar-refractivity contribution in [1.29, 1.82) is 0 Å². The van der Waals surface area contributed by atoms with Crippen molar-refractivity contribution in [3.05, 3.63) is 17.7 Å². The van der Waals surface area contributed by atoms with Crippen LogP contribution in [0.15, 0.2) is 12.1 Å². The van der Waals surface area contributed by atoms with Crippen LogP contribution in [0.4, 0.5) is 0 Å². The second kappa shape index (κ2) is 11.3. The summed E-state index contributed by atoms with van der Waals surface area (Å²) in [5.41, 5.74) is 5.70. The molecule has 1 unspecified atom stereocenters. The smallest absolute Gasteiger partial charge is 0.251 e. The molecule has 3 amide bonds. The van der Waals surface area contributed by atoms with Crippen LogP contribution in [0.25, 0.3) is 0 Å². The van der Waals surface area contributed by atoms with Gasteiger partial charge < -0.3 is 30.2 Å². The van der Waals surface area contributed by atoms with Crippen molar-refractivity contribution in [2.75, 3.05) is 32.9 Å². The van der Waals surface area contributed by atoms with E-state index in [0.29, 0.717) is 55.6 Å². The van der Waals surface area contributed by atoms with Gasteiger partial charge in [-0.3, -0.25) is 14.4 Å². The highest BCUT2D eigenvalue weighted by Gasteiger charge is 2.32. The molecule has 1 atom stereocenters. The molecule has 0 saturated carbocycles. The maximum absolute atomic E-state index is 12.6. The van der Waals surface area contributed by atoms with Crippen LogP contribution >= 0.6 is 0 Å². The first kappa shape index (κ1) is 23.3. The fourth-order valence-corrected chi connectivity index (χ4v) is 3.41. The first-order valence-corrected chi connectivity index (χ1v) is 10.4. The number of carbonyl (C=O) groups is 3.